The van der Waals surface area contributed by atoms with Crippen molar-refractivity contribution < 1.29 is 30.0 Å². The van der Waals surface area contributed by atoms with Crippen molar-refractivity contribution in [2.75, 3.05) is 0 Å². The fourth-order valence-electron chi connectivity index (χ4n) is 5.39. The molecule has 0 amide bonds. The summed E-state index contributed by atoms with van der Waals surface area (Å²) in [6.45, 7) is 38.9. The van der Waals surface area contributed by atoms with Gasteiger partial charge in [-0.3, -0.25) is 0 Å². The summed E-state index contributed by atoms with van der Waals surface area (Å²) in [5.41, 5.74) is 0. The molecule has 0 radical (unpaired) electrons. The summed E-state index contributed by atoms with van der Waals surface area (Å²) in [6.07, 6.45) is 0.668. The van der Waals surface area contributed by atoms with E-state index in [1.165, 1.54) is 0 Å². The SMILES string of the molecule is CC(C)O[Si](C)(C)CC[Si](C)(OC(C)C)O[Si](C)(C)O[Si](C)(C)O[Si](C)(CC[Si](C)(C)OC(C)C)OC(C)C. The van der Waals surface area contributed by atoms with Crippen LogP contribution in [-0.2, 0) is 30.0 Å². The predicted molar refractivity (Wildman–Crippen MR) is 181 cm³/mol. The third kappa shape index (κ3) is 19.0. The van der Waals surface area contributed by atoms with Crippen molar-refractivity contribution in [2.45, 2.75) is 169 Å². The van der Waals surface area contributed by atoms with Gasteiger partial charge in [0, 0.05) is 24.4 Å². The molecule has 39 heavy (non-hydrogen) atoms. The summed E-state index contributed by atoms with van der Waals surface area (Å²) in [4.78, 5) is 0. The number of hydrogen-bond acceptors (Lipinski definition) is 7. The van der Waals surface area contributed by atoms with E-state index < -0.39 is 50.9 Å². The van der Waals surface area contributed by atoms with Crippen LogP contribution >= 0.6 is 0 Å². The highest BCUT2D eigenvalue weighted by Crippen LogP contribution is 2.32. The molecule has 0 fully saturated rings. The van der Waals surface area contributed by atoms with Crippen molar-refractivity contribution in [3.05, 3.63) is 0 Å². The summed E-state index contributed by atoms with van der Waals surface area (Å²) in [5, 5.41) is 0. The Morgan fingerprint density at radius 2 is 0.615 bits per heavy atom. The van der Waals surface area contributed by atoms with Crippen LogP contribution in [0.2, 0.25) is 89.6 Å². The van der Waals surface area contributed by atoms with E-state index in [9.17, 15) is 0 Å². The van der Waals surface area contributed by atoms with E-state index in [4.69, 9.17) is 30.0 Å². The molecule has 236 valence electrons. The van der Waals surface area contributed by atoms with Gasteiger partial charge in [-0.1, -0.05) is 0 Å². The van der Waals surface area contributed by atoms with E-state index in [1.54, 1.807) is 0 Å². The van der Waals surface area contributed by atoms with Gasteiger partial charge in [0.1, 0.15) is 0 Å². The normalized spacial score (nSPS) is 17.4. The number of hydrogen-bond donors (Lipinski definition) is 0. The smallest absolute Gasteiger partial charge is 0.326 e. The lowest BCUT2D eigenvalue weighted by Gasteiger charge is -2.43. The minimum atomic E-state index is -2.59. The molecule has 0 aliphatic carbocycles. The van der Waals surface area contributed by atoms with E-state index >= 15 is 0 Å². The van der Waals surface area contributed by atoms with Crippen molar-refractivity contribution >= 4 is 50.9 Å². The molecule has 13 heteroatoms. The molecule has 0 aliphatic heterocycles. The molecular weight excluding hydrogens is 593 g/mol. The van der Waals surface area contributed by atoms with Crippen molar-refractivity contribution in [2.24, 2.45) is 0 Å². The second-order valence-electron chi connectivity index (χ2n) is 14.6. The standard InChI is InChI=1S/C26H66O7Si6/c1-23(2)27-34(9,10)19-21-38(17,29-25(5)6)32-36(13,14)31-37(15,16)33-39(18,30-26(7)8)22-20-35(11,12)28-24(3)4/h23-26H,19-22H2,1-18H3. The molecule has 0 N–H and O–H groups in total. The van der Waals surface area contributed by atoms with Crippen molar-refractivity contribution in [3.63, 3.8) is 0 Å². The summed E-state index contributed by atoms with van der Waals surface area (Å²) in [7, 11) is -13.9. The molecule has 0 bridgehead atoms. The van der Waals surface area contributed by atoms with E-state index in [2.05, 4.69) is 121 Å². The Balaban J connectivity index is 5.70. The Kier molecular flexibility index (Phi) is 16.1. The van der Waals surface area contributed by atoms with Gasteiger partial charge >= 0.3 is 34.2 Å². The van der Waals surface area contributed by atoms with Gasteiger partial charge in [0.25, 0.3) is 0 Å². The first-order chi connectivity index (χ1) is 17.2. The third-order valence-electron chi connectivity index (χ3n) is 5.86. The molecule has 0 aromatic heterocycles. The topological polar surface area (TPSA) is 64.6 Å². The Bertz CT molecular complexity index is 661. The van der Waals surface area contributed by atoms with Gasteiger partial charge in [-0.15, -0.1) is 0 Å². The highest BCUT2D eigenvalue weighted by atomic mass is 28.5. The minimum Gasteiger partial charge on any atom is -0.416 e. The van der Waals surface area contributed by atoms with E-state index in [0.29, 0.717) is 0 Å². The van der Waals surface area contributed by atoms with Crippen molar-refractivity contribution in [1.29, 1.82) is 0 Å². The van der Waals surface area contributed by atoms with Gasteiger partial charge in [0.05, 0.1) is 0 Å². The molecular formula is C26H66O7Si6. The van der Waals surface area contributed by atoms with Crippen LogP contribution in [0.1, 0.15) is 55.4 Å². The van der Waals surface area contributed by atoms with E-state index in [-0.39, 0.29) is 24.4 Å². The van der Waals surface area contributed by atoms with Gasteiger partial charge in [-0.05, 0) is 145 Å². The summed E-state index contributed by atoms with van der Waals surface area (Å²) in [6, 6.07) is 3.82. The van der Waals surface area contributed by atoms with Crippen LogP contribution in [0.5, 0.6) is 0 Å². The summed E-state index contributed by atoms with van der Waals surface area (Å²) >= 11 is 0. The second kappa shape index (κ2) is 15.7. The van der Waals surface area contributed by atoms with Crippen LogP contribution in [0.3, 0.4) is 0 Å². The van der Waals surface area contributed by atoms with Crippen LogP contribution in [-0.4, -0.2) is 75.3 Å². The lowest BCUT2D eigenvalue weighted by Crippen LogP contribution is -2.59. The first-order valence-corrected chi connectivity index (χ1v) is 31.9. The van der Waals surface area contributed by atoms with Gasteiger partial charge in [-0.25, -0.2) is 0 Å². The Hall–Kier alpha value is 1.02. The van der Waals surface area contributed by atoms with Crippen molar-refractivity contribution in [1.82, 2.24) is 0 Å². The zero-order valence-electron chi connectivity index (χ0n) is 29.0. The average molecular weight is 659 g/mol. The lowest BCUT2D eigenvalue weighted by atomic mass is 10.5. The van der Waals surface area contributed by atoms with Gasteiger partial charge in [-0.2, -0.15) is 0 Å². The van der Waals surface area contributed by atoms with Gasteiger partial charge < -0.3 is 30.0 Å². The Morgan fingerprint density at radius 1 is 0.359 bits per heavy atom. The highest BCUT2D eigenvalue weighted by Gasteiger charge is 2.49. The van der Waals surface area contributed by atoms with Crippen molar-refractivity contribution in [3.8, 4) is 0 Å². The lowest BCUT2D eigenvalue weighted by molar-refractivity contribution is 0.161. The van der Waals surface area contributed by atoms with Crippen LogP contribution in [0.25, 0.3) is 0 Å². The summed E-state index contributed by atoms with van der Waals surface area (Å²) in [5.74, 6) is 0. The van der Waals surface area contributed by atoms with E-state index in [1.807, 2.05) is 0 Å². The quantitative estimate of drug-likeness (QED) is 0.121. The second-order valence-corrected chi connectivity index (χ2v) is 37.1. The molecule has 0 heterocycles. The first kappa shape index (κ1) is 40.0. The maximum absolute atomic E-state index is 6.94. The Morgan fingerprint density at radius 3 is 0.846 bits per heavy atom. The highest BCUT2D eigenvalue weighted by molar-refractivity contribution is 6.88. The third-order valence-corrected chi connectivity index (χ3v) is 27.6. The molecule has 0 spiro atoms. The zero-order chi connectivity index (χ0) is 31.1. The molecule has 0 saturated heterocycles. The zero-order valence-corrected chi connectivity index (χ0v) is 35.0. The number of rotatable bonds is 20. The summed E-state index contributed by atoms with van der Waals surface area (Å²) < 4.78 is 46.4. The fraction of sp³-hybridized carbons (Fsp3) is 1.00. The molecule has 2 atom stereocenters. The molecule has 0 aliphatic rings. The van der Waals surface area contributed by atoms with Crippen LogP contribution in [0.15, 0.2) is 0 Å². The fourth-order valence-corrected chi connectivity index (χ4v) is 34.2. The molecule has 0 aromatic carbocycles. The monoisotopic (exact) mass is 658 g/mol. The molecule has 0 aromatic rings. The Labute approximate surface area is 249 Å². The largest absolute Gasteiger partial charge is 0.416 e. The van der Waals surface area contributed by atoms with Gasteiger partial charge in [0.2, 0.25) is 0 Å². The van der Waals surface area contributed by atoms with Crippen LogP contribution in [0.4, 0.5) is 0 Å². The van der Waals surface area contributed by atoms with Crippen LogP contribution in [0, 0.1) is 0 Å². The molecule has 2 unspecified atom stereocenters. The van der Waals surface area contributed by atoms with Crippen LogP contribution < -0.4 is 0 Å². The maximum Gasteiger partial charge on any atom is 0.326 e. The van der Waals surface area contributed by atoms with Gasteiger partial charge in [0.15, 0.2) is 16.6 Å². The molecule has 0 saturated carbocycles. The molecule has 0 rings (SSSR count). The van der Waals surface area contributed by atoms with E-state index in [0.717, 1.165) is 24.2 Å². The maximum atomic E-state index is 6.94. The minimum absolute atomic E-state index is 0.0967. The predicted octanol–water partition coefficient (Wildman–Crippen LogP) is 8.69. The first-order valence-electron chi connectivity index (χ1n) is 15.0. The molecule has 7 nitrogen and oxygen atoms in total. The average Bonchev–Trinajstić information content (AvgIpc) is 2.59.